The Morgan fingerprint density at radius 1 is 0.828 bits per heavy atom. The average molecular weight is 413 g/mol. The van der Waals surface area contributed by atoms with Gasteiger partial charge in [-0.15, -0.1) is 0 Å². The van der Waals surface area contributed by atoms with Gasteiger partial charge in [-0.05, 0) is 12.1 Å². The van der Waals surface area contributed by atoms with Crippen molar-refractivity contribution in [3.05, 3.63) is 47.0 Å². The molecule has 29 heavy (non-hydrogen) atoms. The Labute approximate surface area is 169 Å². The van der Waals surface area contributed by atoms with Crippen LogP contribution in [0.2, 0.25) is 0 Å². The smallest absolute Gasteiger partial charge is 0.330 e. The predicted octanol–water partition coefficient (Wildman–Crippen LogP) is 1.77. The third-order valence-electron chi connectivity index (χ3n) is 3.30. The van der Waals surface area contributed by atoms with Crippen molar-refractivity contribution in [2.45, 2.75) is 0 Å². The van der Waals surface area contributed by atoms with Gasteiger partial charge in [-0.1, -0.05) is 6.58 Å². The van der Waals surface area contributed by atoms with E-state index in [-0.39, 0.29) is 12.3 Å². The molecule has 10 nitrogen and oxygen atoms in total. The van der Waals surface area contributed by atoms with Crippen LogP contribution in [0.3, 0.4) is 0 Å². The first-order valence-electron chi connectivity index (χ1n) is 9.11. The Morgan fingerprint density at radius 3 is 1.72 bits per heavy atom. The number of ether oxygens (including phenoxy) is 6. The molecule has 10 heteroatoms. The third kappa shape index (κ3) is 13.3. The van der Waals surface area contributed by atoms with Crippen LogP contribution in [0.4, 0.5) is 5.69 Å². The molecule has 0 saturated carbocycles. The summed E-state index contributed by atoms with van der Waals surface area (Å²) in [5, 5.41) is 10.6. The van der Waals surface area contributed by atoms with Gasteiger partial charge in [-0.2, -0.15) is 0 Å². The van der Waals surface area contributed by atoms with Crippen molar-refractivity contribution >= 4 is 11.7 Å². The summed E-state index contributed by atoms with van der Waals surface area (Å²) >= 11 is 0. The molecule has 1 aromatic carbocycles. The van der Waals surface area contributed by atoms with Crippen LogP contribution in [0.1, 0.15) is 0 Å². The zero-order valence-electron chi connectivity index (χ0n) is 16.3. The number of nitro groups is 1. The summed E-state index contributed by atoms with van der Waals surface area (Å²) in [7, 11) is 0. The van der Waals surface area contributed by atoms with E-state index >= 15 is 0 Å². The van der Waals surface area contributed by atoms with Gasteiger partial charge in [-0.25, -0.2) is 4.79 Å². The average Bonchev–Trinajstić information content (AvgIpc) is 2.73. The second-order valence-electron chi connectivity index (χ2n) is 5.42. The molecule has 0 aromatic heterocycles. The fraction of sp³-hybridized carbons (Fsp3) is 0.526. The molecule has 1 rings (SSSR count). The Bertz CT molecular complexity index is 592. The highest BCUT2D eigenvalue weighted by atomic mass is 16.6. The van der Waals surface area contributed by atoms with Gasteiger partial charge in [0.05, 0.1) is 57.8 Å². The molecule has 0 fully saturated rings. The second-order valence-corrected chi connectivity index (χ2v) is 5.42. The number of nitrogens with zero attached hydrogens (tertiary/aromatic N) is 1. The van der Waals surface area contributed by atoms with Gasteiger partial charge in [0.25, 0.3) is 5.69 Å². The summed E-state index contributed by atoms with van der Waals surface area (Å²) in [5.41, 5.74) is 0.0220. The Morgan fingerprint density at radius 2 is 1.28 bits per heavy atom. The van der Waals surface area contributed by atoms with Crippen molar-refractivity contribution in [1.29, 1.82) is 0 Å². The molecule has 0 unspecified atom stereocenters. The highest BCUT2D eigenvalue weighted by molar-refractivity contribution is 5.81. The normalized spacial score (nSPS) is 10.5. The van der Waals surface area contributed by atoms with Crippen molar-refractivity contribution in [2.24, 2.45) is 0 Å². The summed E-state index contributed by atoms with van der Waals surface area (Å²) < 4.78 is 31.4. The summed E-state index contributed by atoms with van der Waals surface area (Å²) in [6, 6.07) is 5.87. The maximum absolute atomic E-state index is 10.8. The molecular formula is C19H27NO9. The highest BCUT2D eigenvalue weighted by Crippen LogP contribution is 2.16. The minimum absolute atomic E-state index is 0.0220. The minimum atomic E-state index is -0.469. The topological polar surface area (TPSA) is 116 Å². The van der Waals surface area contributed by atoms with Crippen molar-refractivity contribution in [1.82, 2.24) is 0 Å². The van der Waals surface area contributed by atoms with Gasteiger partial charge >= 0.3 is 5.97 Å². The second kappa shape index (κ2) is 16.4. The van der Waals surface area contributed by atoms with E-state index < -0.39 is 10.9 Å². The van der Waals surface area contributed by atoms with E-state index in [2.05, 4.69) is 6.58 Å². The lowest BCUT2D eigenvalue weighted by Crippen LogP contribution is -2.14. The number of hydrogen-bond donors (Lipinski definition) is 0. The van der Waals surface area contributed by atoms with E-state index in [1.807, 2.05) is 0 Å². The standard InChI is InChI=1S/C19H27NO9/c1-2-19(21)29-16-14-27-12-10-25-8-7-24-9-11-26-13-15-28-18-5-3-17(4-6-18)20(22)23/h2-6H,1,7-16H2. The number of non-ortho nitro benzene ring substituents is 1. The lowest BCUT2D eigenvalue weighted by Gasteiger charge is -2.08. The molecule has 0 spiro atoms. The van der Waals surface area contributed by atoms with E-state index in [1.165, 1.54) is 12.1 Å². The van der Waals surface area contributed by atoms with Crippen molar-refractivity contribution in [2.75, 3.05) is 66.1 Å². The van der Waals surface area contributed by atoms with Crippen LogP contribution in [0, 0.1) is 10.1 Å². The number of carbonyl (C=O) groups excluding carboxylic acids is 1. The Kier molecular flexibility index (Phi) is 13.9. The first-order chi connectivity index (χ1) is 14.1. The Balaban J connectivity index is 1.80. The summed E-state index contributed by atoms with van der Waals surface area (Å²) in [4.78, 5) is 20.9. The summed E-state index contributed by atoms with van der Waals surface area (Å²) in [6.07, 6.45) is 1.10. The maximum atomic E-state index is 10.8. The monoisotopic (exact) mass is 413 g/mol. The van der Waals surface area contributed by atoms with Crippen LogP contribution < -0.4 is 4.74 Å². The van der Waals surface area contributed by atoms with Crippen LogP contribution >= 0.6 is 0 Å². The number of benzene rings is 1. The van der Waals surface area contributed by atoms with E-state index in [9.17, 15) is 14.9 Å². The van der Waals surface area contributed by atoms with Crippen LogP contribution in [0.15, 0.2) is 36.9 Å². The molecule has 0 aliphatic carbocycles. The molecule has 0 atom stereocenters. The zero-order valence-corrected chi connectivity index (χ0v) is 16.3. The van der Waals surface area contributed by atoms with Gasteiger partial charge in [0.2, 0.25) is 0 Å². The number of carbonyl (C=O) groups is 1. The van der Waals surface area contributed by atoms with Crippen molar-refractivity contribution in [3.8, 4) is 5.75 Å². The van der Waals surface area contributed by atoms with Gasteiger partial charge in [0.1, 0.15) is 19.0 Å². The molecule has 1 aromatic rings. The number of hydrogen-bond acceptors (Lipinski definition) is 9. The first-order valence-corrected chi connectivity index (χ1v) is 9.11. The van der Waals surface area contributed by atoms with E-state index in [0.717, 1.165) is 6.08 Å². The first kappa shape index (κ1) is 24.5. The number of rotatable bonds is 18. The predicted molar refractivity (Wildman–Crippen MR) is 103 cm³/mol. The molecular weight excluding hydrogens is 386 g/mol. The molecule has 0 radical (unpaired) electrons. The number of esters is 1. The summed E-state index contributed by atoms with van der Waals surface area (Å²) in [5.74, 6) is 0.0809. The molecule has 0 N–H and O–H groups in total. The summed E-state index contributed by atoms with van der Waals surface area (Å²) in [6.45, 7) is 7.10. The number of nitro benzene ring substituents is 1. The van der Waals surface area contributed by atoms with Crippen LogP contribution in [0.25, 0.3) is 0 Å². The highest BCUT2D eigenvalue weighted by Gasteiger charge is 2.04. The largest absolute Gasteiger partial charge is 0.491 e. The van der Waals surface area contributed by atoms with Crippen molar-refractivity contribution < 1.29 is 38.1 Å². The molecule has 0 saturated heterocycles. The van der Waals surface area contributed by atoms with Crippen molar-refractivity contribution in [3.63, 3.8) is 0 Å². The van der Waals surface area contributed by atoms with E-state index in [1.54, 1.807) is 12.1 Å². The van der Waals surface area contributed by atoms with Gasteiger partial charge in [0.15, 0.2) is 0 Å². The quantitative estimate of drug-likeness (QED) is 0.117. The van der Waals surface area contributed by atoms with Gasteiger partial charge in [-0.3, -0.25) is 10.1 Å². The lowest BCUT2D eigenvalue weighted by molar-refractivity contribution is -0.384. The fourth-order valence-electron chi connectivity index (χ4n) is 1.90. The molecule has 0 heterocycles. The molecule has 0 aliphatic rings. The minimum Gasteiger partial charge on any atom is -0.491 e. The lowest BCUT2D eigenvalue weighted by atomic mass is 10.3. The van der Waals surface area contributed by atoms with Crippen LogP contribution in [-0.4, -0.2) is 77.0 Å². The molecule has 162 valence electrons. The van der Waals surface area contributed by atoms with E-state index in [4.69, 9.17) is 28.4 Å². The zero-order chi connectivity index (χ0) is 21.2. The van der Waals surface area contributed by atoms with Crippen LogP contribution in [0.5, 0.6) is 5.75 Å². The SMILES string of the molecule is C=CC(=O)OCCOCCOCCOCCOCCOc1ccc([N+](=O)[O-])cc1. The molecule has 0 aliphatic heterocycles. The van der Waals surface area contributed by atoms with Gasteiger partial charge in [0, 0.05) is 18.2 Å². The van der Waals surface area contributed by atoms with E-state index in [0.29, 0.717) is 65.2 Å². The third-order valence-corrected chi connectivity index (χ3v) is 3.30. The van der Waals surface area contributed by atoms with Crippen LogP contribution in [-0.2, 0) is 28.5 Å². The maximum Gasteiger partial charge on any atom is 0.330 e. The molecule has 0 amide bonds. The van der Waals surface area contributed by atoms with Gasteiger partial charge < -0.3 is 28.4 Å². The fourth-order valence-corrected chi connectivity index (χ4v) is 1.90. The Hall–Kier alpha value is -2.53. The molecule has 0 bridgehead atoms.